The number of rotatable bonds is 1. The molecule has 1 aliphatic heterocycles. The van der Waals surface area contributed by atoms with Crippen molar-refractivity contribution in [2.75, 3.05) is 20.1 Å². The largest absolute Gasteiger partial charge is 0.327 e. The zero-order valence-corrected chi connectivity index (χ0v) is 9.08. The number of hydrogen-bond donors (Lipinski definition) is 0. The third kappa shape index (κ3) is 2.21. The summed E-state index contributed by atoms with van der Waals surface area (Å²) in [6, 6.07) is 0. The molecule has 76 valence electrons. The van der Waals surface area contributed by atoms with E-state index in [0.717, 1.165) is 19.5 Å². The average molecular weight is 184 g/mol. The highest BCUT2D eigenvalue weighted by Gasteiger charge is 2.30. The molecule has 0 aromatic heterocycles. The van der Waals surface area contributed by atoms with Gasteiger partial charge in [-0.2, -0.15) is 0 Å². The van der Waals surface area contributed by atoms with Crippen LogP contribution in [0.4, 0.5) is 0 Å². The van der Waals surface area contributed by atoms with Crippen LogP contribution in [0, 0.1) is 5.92 Å². The molecule has 1 aliphatic rings. The molecule has 0 aromatic carbocycles. The van der Waals surface area contributed by atoms with Crippen LogP contribution < -0.4 is 0 Å². The quantitative estimate of drug-likeness (QED) is 0.610. The summed E-state index contributed by atoms with van der Waals surface area (Å²) in [4.78, 5) is 15.6. The number of carbonyl (C=O) groups excluding carboxylic acids is 1. The average Bonchev–Trinajstić information content (AvgIpc) is 2.02. The van der Waals surface area contributed by atoms with Crippen molar-refractivity contribution in [3.8, 4) is 0 Å². The lowest BCUT2D eigenvalue weighted by Gasteiger charge is -2.44. The van der Waals surface area contributed by atoms with Crippen molar-refractivity contribution in [2.45, 2.75) is 33.4 Å². The van der Waals surface area contributed by atoms with Gasteiger partial charge in [-0.25, -0.2) is 0 Å². The van der Waals surface area contributed by atoms with Crippen LogP contribution in [-0.4, -0.2) is 42.0 Å². The summed E-state index contributed by atoms with van der Waals surface area (Å²) >= 11 is 0. The molecule has 0 saturated carbocycles. The van der Waals surface area contributed by atoms with Gasteiger partial charge in [0.25, 0.3) is 0 Å². The molecule has 13 heavy (non-hydrogen) atoms. The number of nitrogens with zero attached hydrogens (tertiary/aromatic N) is 2. The fraction of sp³-hybridized carbons (Fsp3) is 0.900. The smallest absolute Gasteiger partial charge is 0.220 e. The van der Waals surface area contributed by atoms with Crippen LogP contribution in [0.1, 0.15) is 27.2 Å². The Bertz CT molecular complexity index is 191. The highest BCUT2D eigenvalue weighted by molar-refractivity contribution is 5.73. The molecule has 3 heteroatoms. The van der Waals surface area contributed by atoms with E-state index in [2.05, 4.69) is 25.8 Å². The summed E-state index contributed by atoms with van der Waals surface area (Å²) in [6.07, 6.45) is 1.39. The van der Waals surface area contributed by atoms with Crippen LogP contribution in [-0.2, 0) is 4.79 Å². The third-order valence-electron chi connectivity index (χ3n) is 2.68. The second-order valence-corrected chi connectivity index (χ2v) is 4.20. The molecule has 0 aromatic rings. The molecule has 0 N–H and O–H groups in total. The lowest BCUT2D eigenvalue weighted by molar-refractivity contribution is -0.139. The zero-order chi connectivity index (χ0) is 10.0. The van der Waals surface area contributed by atoms with Crippen LogP contribution in [0.2, 0.25) is 0 Å². The normalized spacial score (nSPS) is 25.3. The summed E-state index contributed by atoms with van der Waals surface area (Å²) < 4.78 is 0. The summed E-state index contributed by atoms with van der Waals surface area (Å²) in [7, 11) is 2.10. The molecular weight excluding hydrogens is 164 g/mol. The Labute approximate surface area is 80.7 Å². The summed E-state index contributed by atoms with van der Waals surface area (Å²) in [5, 5.41) is 0. The molecule has 1 saturated heterocycles. The zero-order valence-electron chi connectivity index (χ0n) is 9.08. The predicted molar refractivity (Wildman–Crippen MR) is 53.3 cm³/mol. The first-order chi connectivity index (χ1) is 6.04. The van der Waals surface area contributed by atoms with E-state index in [4.69, 9.17) is 0 Å². The van der Waals surface area contributed by atoms with Crippen molar-refractivity contribution in [1.29, 1.82) is 0 Å². The minimum atomic E-state index is 0.199. The molecule has 1 amide bonds. The number of hydrogen-bond acceptors (Lipinski definition) is 2. The van der Waals surface area contributed by atoms with E-state index >= 15 is 0 Å². The van der Waals surface area contributed by atoms with Gasteiger partial charge in [-0.15, -0.1) is 0 Å². The van der Waals surface area contributed by atoms with Crippen molar-refractivity contribution >= 4 is 5.91 Å². The van der Waals surface area contributed by atoms with Crippen molar-refractivity contribution in [2.24, 2.45) is 5.92 Å². The second kappa shape index (κ2) is 4.09. The topological polar surface area (TPSA) is 23.6 Å². The van der Waals surface area contributed by atoms with Crippen LogP contribution in [0.3, 0.4) is 0 Å². The van der Waals surface area contributed by atoms with Gasteiger partial charge < -0.3 is 4.90 Å². The molecule has 0 spiro atoms. The van der Waals surface area contributed by atoms with Gasteiger partial charge in [0.1, 0.15) is 0 Å². The first-order valence-corrected chi connectivity index (χ1v) is 5.01. The molecule has 1 unspecified atom stereocenters. The van der Waals surface area contributed by atoms with Gasteiger partial charge in [0.15, 0.2) is 0 Å². The second-order valence-electron chi connectivity index (χ2n) is 4.20. The van der Waals surface area contributed by atoms with E-state index in [1.54, 1.807) is 6.92 Å². The van der Waals surface area contributed by atoms with Crippen LogP contribution in [0.15, 0.2) is 0 Å². The van der Waals surface area contributed by atoms with Crippen molar-refractivity contribution in [3.63, 3.8) is 0 Å². The van der Waals surface area contributed by atoms with E-state index in [-0.39, 0.29) is 5.91 Å². The first-order valence-electron chi connectivity index (χ1n) is 5.01. The van der Waals surface area contributed by atoms with Gasteiger partial charge in [0, 0.05) is 20.0 Å². The molecule has 3 nitrogen and oxygen atoms in total. The first kappa shape index (κ1) is 10.5. The lowest BCUT2D eigenvalue weighted by atomic mass is 10.1. The Morgan fingerprint density at radius 1 is 1.38 bits per heavy atom. The molecule has 1 fully saturated rings. The van der Waals surface area contributed by atoms with Crippen molar-refractivity contribution in [3.05, 3.63) is 0 Å². The van der Waals surface area contributed by atoms with E-state index in [9.17, 15) is 4.79 Å². The van der Waals surface area contributed by atoms with E-state index in [1.165, 1.54) is 0 Å². The van der Waals surface area contributed by atoms with Gasteiger partial charge in [0.2, 0.25) is 5.91 Å². The fourth-order valence-corrected chi connectivity index (χ4v) is 2.21. The summed E-state index contributed by atoms with van der Waals surface area (Å²) in [5.74, 6) is 0.708. The van der Waals surface area contributed by atoms with Crippen LogP contribution in [0.5, 0.6) is 0 Å². The maximum Gasteiger partial charge on any atom is 0.220 e. The van der Waals surface area contributed by atoms with E-state index in [1.807, 2.05) is 4.90 Å². The van der Waals surface area contributed by atoms with Crippen LogP contribution >= 0.6 is 0 Å². The molecule has 1 rings (SSSR count). The van der Waals surface area contributed by atoms with Crippen LogP contribution in [0.25, 0.3) is 0 Å². The Morgan fingerprint density at radius 2 is 2.00 bits per heavy atom. The van der Waals surface area contributed by atoms with Crippen molar-refractivity contribution < 1.29 is 4.79 Å². The SMILES string of the molecule is CC(=O)N1CCCN(C)C1C(C)C. The number of carbonyl (C=O) groups is 1. The highest BCUT2D eigenvalue weighted by atomic mass is 16.2. The summed E-state index contributed by atoms with van der Waals surface area (Å²) in [5.41, 5.74) is 0. The molecule has 1 heterocycles. The van der Waals surface area contributed by atoms with Gasteiger partial charge >= 0.3 is 0 Å². The molecule has 0 bridgehead atoms. The summed E-state index contributed by atoms with van der Waals surface area (Å²) in [6.45, 7) is 8.02. The fourth-order valence-electron chi connectivity index (χ4n) is 2.21. The molecular formula is C10H20N2O. The van der Waals surface area contributed by atoms with E-state index < -0.39 is 0 Å². The van der Waals surface area contributed by atoms with Gasteiger partial charge in [-0.05, 0) is 19.4 Å². The Hall–Kier alpha value is -0.570. The molecule has 0 radical (unpaired) electrons. The monoisotopic (exact) mass is 184 g/mol. The minimum Gasteiger partial charge on any atom is -0.327 e. The molecule has 0 aliphatic carbocycles. The Balaban J connectivity index is 2.74. The number of amides is 1. The maximum absolute atomic E-state index is 11.4. The van der Waals surface area contributed by atoms with E-state index in [0.29, 0.717) is 12.1 Å². The van der Waals surface area contributed by atoms with Gasteiger partial charge in [0.05, 0.1) is 6.17 Å². The third-order valence-corrected chi connectivity index (χ3v) is 2.68. The maximum atomic E-state index is 11.4. The standard InChI is InChI=1S/C10H20N2O/c1-8(2)10-11(4)6-5-7-12(10)9(3)13/h8,10H,5-7H2,1-4H3. The lowest BCUT2D eigenvalue weighted by Crippen LogP contribution is -2.56. The Kier molecular flexibility index (Phi) is 3.31. The van der Waals surface area contributed by atoms with Crippen molar-refractivity contribution in [1.82, 2.24) is 9.80 Å². The van der Waals surface area contributed by atoms with Gasteiger partial charge in [-0.3, -0.25) is 9.69 Å². The Morgan fingerprint density at radius 3 is 2.38 bits per heavy atom. The highest BCUT2D eigenvalue weighted by Crippen LogP contribution is 2.19. The molecule has 1 atom stereocenters. The van der Waals surface area contributed by atoms with Gasteiger partial charge in [-0.1, -0.05) is 13.8 Å². The minimum absolute atomic E-state index is 0.199. The predicted octanol–water partition coefficient (Wildman–Crippen LogP) is 1.15.